The Labute approximate surface area is 112 Å². The van der Waals surface area contributed by atoms with Crippen LogP contribution in [0.5, 0.6) is 0 Å². The summed E-state index contributed by atoms with van der Waals surface area (Å²) in [5, 5.41) is 11.3. The number of hydrogen-bond acceptors (Lipinski definition) is 3. The molecule has 0 saturated heterocycles. The molecule has 0 aliphatic carbocycles. The fraction of sp³-hybridized carbons (Fsp3) is 0.286. The summed E-state index contributed by atoms with van der Waals surface area (Å²) >= 11 is 0. The third-order valence-electron chi connectivity index (χ3n) is 2.77. The zero-order valence-corrected chi connectivity index (χ0v) is 11.0. The van der Waals surface area contributed by atoms with Crippen LogP contribution in [0.4, 0.5) is 5.69 Å². The molecule has 5 heteroatoms. The van der Waals surface area contributed by atoms with Crippen molar-refractivity contribution in [3.63, 3.8) is 0 Å². The zero-order valence-electron chi connectivity index (χ0n) is 11.0. The minimum Gasteiger partial charge on any atom is -0.478 e. The van der Waals surface area contributed by atoms with Gasteiger partial charge in [-0.1, -0.05) is 19.1 Å². The molecule has 102 valence electrons. The summed E-state index contributed by atoms with van der Waals surface area (Å²) in [4.78, 5) is 22.3. The van der Waals surface area contributed by atoms with E-state index in [1.54, 1.807) is 38.1 Å². The van der Waals surface area contributed by atoms with Crippen LogP contribution in [0.2, 0.25) is 0 Å². The number of benzene rings is 1. The molecule has 0 radical (unpaired) electrons. The number of anilines is 1. The lowest BCUT2D eigenvalue weighted by Gasteiger charge is -2.15. The first-order valence-electron chi connectivity index (χ1n) is 5.97. The van der Waals surface area contributed by atoms with Gasteiger partial charge in [0.1, 0.15) is 0 Å². The Bertz CT molecular complexity index is 495. The number of carbonyl (C=O) groups excluding carboxylic acids is 1. The lowest BCUT2D eigenvalue weighted by atomic mass is 10.0. The molecular weight excluding hydrogens is 244 g/mol. The lowest BCUT2D eigenvalue weighted by Crippen LogP contribution is -2.34. The van der Waals surface area contributed by atoms with E-state index in [9.17, 15) is 9.59 Å². The van der Waals surface area contributed by atoms with Crippen molar-refractivity contribution in [2.75, 3.05) is 5.32 Å². The van der Waals surface area contributed by atoms with Gasteiger partial charge in [0.15, 0.2) is 0 Å². The van der Waals surface area contributed by atoms with Gasteiger partial charge in [-0.3, -0.25) is 4.79 Å². The minimum atomic E-state index is -1.01. The first-order chi connectivity index (χ1) is 8.90. The highest BCUT2D eigenvalue weighted by Gasteiger charge is 2.16. The molecule has 1 rings (SSSR count). The molecule has 0 heterocycles. The second-order valence-corrected chi connectivity index (χ2v) is 4.43. The Balaban J connectivity index is 2.77. The topological polar surface area (TPSA) is 92.4 Å². The predicted molar refractivity (Wildman–Crippen MR) is 74.6 cm³/mol. The summed E-state index contributed by atoms with van der Waals surface area (Å²) < 4.78 is 0. The monoisotopic (exact) mass is 262 g/mol. The Morgan fingerprint density at radius 3 is 2.63 bits per heavy atom. The Hall–Kier alpha value is -2.14. The van der Waals surface area contributed by atoms with Crippen molar-refractivity contribution < 1.29 is 14.7 Å². The molecule has 1 aromatic rings. The predicted octanol–water partition coefficient (Wildman–Crippen LogP) is 1.71. The van der Waals surface area contributed by atoms with Crippen molar-refractivity contribution in [1.82, 2.24) is 0 Å². The second-order valence-electron chi connectivity index (χ2n) is 4.43. The largest absolute Gasteiger partial charge is 0.478 e. The van der Waals surface area contributed by atoms with Gasteiger partial charge in [0, 0.05) is 17.8 Å². The van der Waals surface area contributed by atoms with Crippen molar-refractivity contribution in [3.05, 3.63) is 35.9 Å². The van der Waals surface area contributed by atoms with Crippen molar-refractivity contribution in [2.45, 2.75) is 19.9 Å². The van der Waals surface area contributed by atoms with Crippen LogP contribution in [0, 0.1) is 5.92 Å². The van der Waals surface area contributed by atoms with Gasteiger partial charge < -0.3 is 16.2 Å². The number of carbonyl (C=O) groups is 2. The standard InChI is InChI=1S/C14H18N2O3/c1-9(10(2)15)14(19)16-12-5-3-4-11(8-12)6-7-13(17)18/h3-10H,15H2,1-2H3,(H,16,19)(H,17,18)/b7-6+. The van der Waals surface area contributed by atoms with E-state index < -0.39 is 5.97 Å². The van der Waals surface area contributed by atoms with Crippen molar-refractivity contribution in [2.24, 2.45) is 11.7 Å². The molecule has 4 N–H and O–H groups in total. The SMILES string of the molecule is CC(N)C(C)C(=O)Nc1cccc(/C=C/C(=O)O)c1. The fourth-order valence-corrected chi connectivity index (χ4v) is 1.38. The number of carboxylic acid groups (broad SMARTS) is 1. The van der Waals surface area contributed by atoms with E-state index in [0.29, 0.717) is 11.3 Å². The minimum absolute atomic E-state index is 0.158. The maximum atomic E-state index is 11.8. The molecule has 0 aliphatic heterocycles. The fourth-order valence-electron chi connectivity index (χ4n) is 1.38. The summed E-state index contributed by atoms with van der Waals surface area (Å²) in [6, 6.07) is 6.71. The van der Waals surface area contributed by atoms with Crippen LogP contribution in [-0.2, 0) is 9.59 Å². The van der Waals surface area contributed by atoms with Gasteiger partial charge in [0.2, 0.25) is 5.91 Å². The first-order valence-corrected chi connectivity index (χ1v) is 5.97. The number of nitrogens with two attached hydrogens (primary N) is 1. The summed E-state index contributed by atoms with van der Waals surface area (Å²) in [5.74, 6) is -1.47. The van der Waals surface area contributed by atoms with E-state index in [4.69, 9.17) is 10.8 Å². The molecule has 2 unspecified atom stereocenters. The van der Waals surface area contributed by atoms with Gasteiger partial charge >= 0.3 is 5.97 Å². The van der Waals surface area contributed by atoms with Crippen LogP contribution in [0.3, 0.4) is 0 Å². The van der Waals surface area contributed by atoms with Crippen LogP contribution in [0.1, 0.15) is 19.4 Å². The molecule has 0 saturated carbocycles. The molecule has 0 fully saturated rings. The van der Waals surface area contributed by atoms with Crippen LogP contribution >= 0.6 is 0 Å². The van der Waals surface area contributed by atoms with Gasteiger partial charge in [-0.2, -0.15) is 0 Å². The number of carboxylic acids is 1. The van der Waals surface area contributed by atoms with Crippen LogP contribution in [-0.4, -0.2) is 23.0 Å². The molecule has 5 nitrogen and oxygen atoms in total. The molecule has 0 bridgehead atoms. The highest BCUT2D eigenvalue weighted by Crippen LogP contribution is 2.14. The highest BCUT2D eigenvalue weighted by atomic mass is 16.4. The van der Waals surface area contributed by atoms with E-state index in [1.165, 1.54) is 6.08 Å². The van der Waals surface area contributed by atoms with E-state index in [2.05, 4.69) is 5.32 Å². The Morgan fingerprint density at radius 1 is 1.37 bits per heavy atom. The van der Waals surface area contributed by atoms with E-state index in [1.807, 2.05) is 0 Å². The van der Waals surface area contributed by atoms with Gasteiger partial charge in [0.05, 0.1) is 5.92 Å². The molecule has 1 amide bonds. The molecule has 0 aromatic heterocycles. The van der Waals surface area contributed by atoms with Gasteiger partial charge in [-0.05, 0) is 30.7 Å². The average Bonchev–Trinajstić information content (AvgIpc) is 2.35. The molecule has 0 spiro atoms. The molecule has 1 aromatic carbocycles. The third-order valence-corrected chi connectivity index (χ3v) is 2.77. The highest BCUT2D eigenvalue weighted by molar-refractivity contribution is 5.93. The Kier molecular flexibility index (Phi) is 5.26. The van der Waals surface area contributed by atoms with Crippen LogP contribution < -0.4 is 11.1 Å². The number of amides is 1. The number of hydrogen-bond donors (Lipinski definition) is 3. The summed E-state index contributed by atoms with van der Waals surface area (Å²) in [5.41, 5.74) is 6.98. The van der Waals surface area contributed by atoms with Crippen molar-refractivity contribution in [3.8, 4) is 0 Å². The first kappa shape index (κ1) is 14.9. The van der Waals surface area contributed by atoms with Crippen LogP contribution in [0.25, 0.3) is 6.08 Å². The molecule has 2 atom stereocenters. The van der Waals surface area contributed by atoms with E-state index in [-0.39, 0.29) is 17.9 Å². The number of rotatable bonds is 5. The maximum Gasteiger partial charge on any atom is 0.328 e. The zero-order chi connectivity index (χ0) is 14.4. The Morgan fingerprint density at radius 2 is 2.05 bits per heavy atom. The summed E-state index contributed by atoms with van der Waals surface area (Å²) in [6.45, 7) is 3.53. The van der Waals surface area contributed by atoms with Crippen LogP contribution in [0.15, 0.2) is 30.3 Å². The van der Waals surface area contributed by atoms with Gasteiger partial charge in [-0.25, -0.2) is 4.79 Å². The van der Waals surface area contributed by atoms with E-state index in [0.717, 1.165) is 6.08 Å². The summed E-state index contributed by atoms with van der Waals surface area (Å²) in [7, 11) is 0. The number of nitrogens with one attached hydrogen (secondary N) is 1. The second kappa shape index (κ2) is 6.70. The molecule has 0 aliphatic rings. The lowest BCUT2D eigenvalue weighted by molar-refractivity contribution is -0.131. The maximum absolute atomic E-state index is 11.8. The van der Waals surface area contributed by atoms with Gasteiger partial charge in [0.25, 0.3) is 0 Å². The summed E-state index contributed by atoms with van der Waals surface area (Å²) in [6.07, 6.45) is 2.51. The van der Waals surface area contributed by atoms with E-state index >= 15 is 0 Å². The normalized spacial score (nSPS) is 14.1. The van der Waals surface area contributed by atoms with Crippen molar-refractivity contribution >= 4 is 23.6 Å². The molecular formula is C14H18N2O3. The smallest absolute Gasteiger partial charge is 0.328 e. The van der Waals surface area contributed by atoms with Gasteiger partial charge in [-0.15, -0.1) is 0 Å². The average molecular weight is 262 g/mol. The number of aliphatic carboxylic acids is 1. The quantitative estimate of drug-likeness (QED) is 0.704. The third kappa shape index (κ3) is 4.93. The van der Waals surface area contributed by atoms with Crippen molar-refractivity contribution in [1.29, 1.82) is 0 Å². The molecule has 19 heavy (non-hydrogen) atoms.